The highest BCUT2D eigenvalue weighted by Crippen LogP contribution is 2.32. The normalized spacial score (nSPS) is 14.1. The molecule has 2 atom stereocenters. The van der Waals surface area contributed by atoms with E-state index in [2.05, 4.69) is 31.3 Å². The summed E-state index contributed by atoms with van der Waals surface area (Å²) in [6, 6.07) is 10.6. The Morgan fingerprint density at radius 1 is 1.30 bits per heavy atom. The van der Waals surface area contributed by atoms with Gasteiger partial charge in [-0.05, 0) is 25.5 Å². The van der Waals surface area contributed by atoms with Crippen LogP contribution in [0.15, 0.2) is 30.3 Å². The summed E-state index contributed by atoms with van der Waals surface area (Å²) >= 11 is 1.67. The van der Waals surface area contributed by atoms with Crippen molar-refractivity contribution in [1.82, 2.24) is 5.32 Å². The number of thioether (sulfide) groups is 1. The summed E-state index contributed by atoms with van der Waals surface area (Å²) < 4.78 is 5.01. The second-order valence-corrected chi connectivity index (χ2v) is 6.17. The SMILES string of the molecule is CCOC(=O)CSC(C(C)C)C(NC)c1ccccc1. The van der Waals surface area contributed by atoms with Gasteiger partial charge >= 0.3 is 5.97 Å². The monoisotopic (exact) mass is 295 g/mol. The molecule has 2 unspecified atom stereocenters. The summed E-state index contributed by atoms with van der Waals surface area (Å²) in [5.41, 5.74) is 1.25. The predicted molar refractivity (Wildman–Crippen MR) is 86.0 cm³/mol. The highest BCUT2D eigenvalue weighted by molar-refractivity contribution is 8.00. The first-order chi connectivity index (χ1) is 9.60. The zero-order valence-corrected chi connectivity index (χ0v) is 13.6. The number of benzene rings is 1. The molecular weight excluding hydrogens is 270 g/mol. The molecule has 1 rings (SSSR count). The van der Waals surface area contributed by atoms with E-state index >= 15 is 0 Å². The number of esters is 1. The van der Waals surface area contributed by atoms with E-state index in [1.807, 2.05) is 32.2 Å². The first-order valence-corrected chi connectivity index (χ1v) is 8.14. The minimum Gasteiger partial charge on any atom is -0.465 e. The third kappa shape index (κ3) is 5.17. The molecule has 0 aromatic heterocycles. The Balaban J connectivity index is 2.75. The van der Waals surface area contributed by atoms with Gasteiger partial charge in [0.2, 0.25) is 0 Å². The molecule has 1 aromatic rings. The molecule has 0 bridgehead atoms. The van der Waals surface area contributed by atoms with E-state index in [0.29, 0.717) is 23.5 Å². The van der Waals surface area contributed by atoms with Crippen molar-refractivity contribution in [2.45, 2.75) is 32.1 Å². The summed E-state index contributed by atoms with van der Waals surface area (Å²) in [6.07, 6.45) is 0. The summed E-state index contributed by atoms with van der Waals surface area (Å²) in [5, 5.41) is 3.71. The van der Waals surface area contributed by atoms with Crippen LogP contribution in [0.5, 0.6) is 0 Å². The smallest absolute Gasteiger partial charge is 0.315 e. The topological polar surface area (TPSA) is 38.3 Å². The molecule has 0 aliphatic carbocycles. The predicted octanol–water partition coefficient (Wildman–Crippen LogP) is 3.27. The van der Waals surface area contributed by atoms with Crippen molar-refractivity contribution < 1.29 is 9.53 Å². The first kappa shape index (κ1) is 17.1. The van der Waals surface area contributed by atoms with E-state index in [-0.39, 0.29) is 12.0 Å². The van der Waals surface area contributed by atoms with E-state index in [1.54, 1.807) is 11.8 Å². The van der Waals surface area contributed by atoms with Crippen molar-refractivity contribution in [2.24, 2.45) is 5.92 Å². The maximum Gasteiger partial charge on any atom is 0.315 e. The zero-order valence-electron chi connectivity index (χ0n) is 12.8. The maximum atomic E-state index is 11.6. The Morgan fingerprint density at radius 3 is 2.45 bits per heavy atom. The Labute approximate surface area is 126 Å². The summed E-state index contributed by atoms with van der Waals surface area (Å²) in [6.45, 7) is 6.66. The van der Waals surface area contributed by atoms with Gasteiger partial charge in [0.05, 0.1) is 12.4 Å². The third-order valence-electron chi connectivity index (χ3n) is 3.15. The quantitative estimate of drug-likeness (QED) is 0.747. The number of carbonyl (C=O) groups excluding carboxylic acids is 1. The molecule has 112 valence electrons. The molecular formula is C16H25NO2S. The van der Waals surface area contributed by atoms with E-state index in [9.17, 15) is 4.79 Å². The molecule has 0 saturated heterocycles. The summed E-state index contributed by atoms with van der Waals surface area (Å²) in [4.78, 5) is 11.6. The van der Waals surface area contributed by atoms with Crippen molar-refractivity contribution in [3.8, 4) is 0 Å². The number of nitrogens with one attached hydrogen (secondary N) is 1. The second kappa shape index (κ2) is 9.03. The van der Waals surface area contributed by atoms with Crippen molar-refractivity contribution >= 4 is 17.7 Å². The Bertz CT molecular complexity index is 395. The van der Waals surface area contributed by atoms with Gasteiger partial charge in [-0.15, -0.1) is 11.8 Å². The highest BCUT2D eigenvalue weighted by Gasteiger charge is 2.26. The lowest BCUT2D eigenvalue weighted by Gasteiger charge is -2.29. The van der Waals surface area contributed by atoms with Gasteiger partial charge in [0, 0.05) is 11.3 Å². The minimum absolute atomic E-state index is 0.133. The van der Waals surface area contributed by atoms with Crippen molar-refractivity contribution in [3.63, 3.8) is 0 Å². The lowest BCUT2D eigenvalue weighted by Crippen LogP contribution is -2.32. The van der Waals surface area contributed by atoms with Crippen LogP contribution in [0.25, 0.3) is 0 Å². The Hall–Kier alpha value is -1.00. The lowest BCUT2D eigenvalue weighted by molar-refractivity contribution is -0.139. The number of carbonyl (C=O) groups is 1. The molecule has 20 heavy (non-hydrogen) atoms. The van der Waals surface area contributed by atoms with Crippen LogP contribution in [-0.4, -0.2) is 30.6 Å². The van der Waals surface area contributed by atoms with Crippen LogP contribution in [0, 0.1) is 5.92 Å². The fourth-order valence-corrected chi connectivity index (χ4v) is 3.50. The van der Waals surface area contributed by atoms with Crippen LogP contribution in [0.1, 0.15) is 32.4 Å². The molecule has 3 nitrogen and oxygen atoms in total. The molecule has 0 spiro atoms. The third-order valence-corrected chi connectivity index (χ3v) is 4.76. The van der Waals surface area contributed by atoms with Gasteiger partial charge in [-0.2, -0.15) is 0 Å². The van der Waals surface area contributed by atoms with E-state index < -0.39 is 0 Å². The molecule has 1 N–H and O–H groups in total. The second-order valence-electron chi connectivity index (χ2n) is 5.00. The molecule has 4 heteroatoms. The van der Waals surface area contributed by atoms with Gasteiger partial charge in [0.1, 0.15) is 0 Å². The molecule has 0 radical (unpaired) electrons. The molecule has 0 aliphatic rings. The summed E-state index contributed by atoms with van der Waals surface area (Å²) in [5.74, 6) is 0.736. The number of ether oxygens (including phenoxy) is 1. The van der Waals surface area contributed by atoms with Crippen LogP contribution in [0.4, 0.5) is 0 Å². The van der Waals surface area contributed by atoms with Crippen molar-refractivity contribution in [2.75, 3.05) is 19.4 Å². The minimum atomic E-state index is -0.133. The Kier molecular flexibility index (Phi) is 7.70. The van der Waals surface area contributed by atoms with Gasteiger partial charge < -0.3 is 10.1 Å². The van der Waals surface area contributed by atoms with E-state index in [4.69, 9.17) is 4.74 Å². The lowest BCUT2D eigenvalue weighted by atomic mass is 9.96. The largest absolute Gasteiger partial charge is 0.465 e. The molecule has 0 aliphatic heterocycles. The van der Waals surface area contributed by atoms with Crippen LogP contribution < -0.4 is 5.32 Å². The molecule has 1 aromatic carbocycles. The Morgan fingerprint density at radius 2 is 1.95 bits per heavy atom. The van der Waals surface area contributed by atoms with Crippen molar-refractivity contribution in [1.29, 1.82) is 0 Å². The fourth-order valence-electron chi connectivity index (χ4n) is 2.22. The number of hydrogen-bond acceptors (Lipinski definition) is 4. The average molecular weight is 295 g/mol. The molecule has 0 fully saturated rings. The number of hydrogen-bond donors (Lipinski definition) is 1. The van der Waals surface area contributed by atoms with Crippen LogP contribution in [-0.2, 0) is 9.53 Å². The van der Waals surface area contributed by atoms with Gasteiger partial charge in [-0.25, -0.2) is 0 Å². The van der Waals surface area contributed by atoms with Gasteiger partial charge in [-0.1, -0.05) is 44.2 Å². The van der Waals surface area contributed by atoms with Crippen LogP contribution in [0.2, 0.25) is 0 Å². The van der Waals surface area contributed by atoms with Crippen LogP contribution >= 0.6 is 11.8 Å². The first-order valence-electron chi connectivity index (χ1n) is 7.09. The van der Waals surface area contributed by atoms with Gasteiger partial charge in [0.15, 0.2) is 0 Å². The summed E-state index contributed by atoms with van der Waals surface area (Å²) in [7, 11) is 1.97. The zero-order chi connectivity index (χ0) is 15.0. The van der Waals surface area contributed by atoms with E-state index in [0.717, 1.165) is 0 Å². The average Bonchev–Trinajstić information content (AvgIpc) is 2.44. The van der Waals surface area contributed by atoms with Crippen LogP contribution in [0.3, 0.4) is 0 Å². The maximum absolute atomic E-state index is 11.6. The molecule has 0 saturated carbocycles. The highest BCUT2D eigenvalue weighted by atomic mass is 32.2. The van der Waals surface area contributed by atoms with Crippen molar-refractivity contribution in [3.05, 3.63) is 35.9 Å². The molecule has 0 heterocycles. The standard InChI is InChI=1S/C16H25NO2S/c1-5-19-14(18)11-20-16(12(2)3)15(17-4)13-9-7-6-8-10-13/h6-10,12,15-17H,5,11H2,1-4H3. The fraction of sp³-hybridized carbons (Fsp3) is 0.562. The van der Waals surface area contributed by atoms with Gasteiger partial charge in [0.25, 0.3) is 0 Å². The van der Waals surface area contributed by atoms with Gasteiger partial charge in [-0.3, -0.25) is 4.79 Å². The number of rotatable bonds is 8. The molecule has 0 amide bonds. The van der Waals surface area contributed by atoms with E-state index in [1.165, 1.54) is 5.56 Å².